The fourth-order valence-electron chi connectivity index (χ4n) is 7.85. The number of furan rings is 1. The zero-order chi connectivity index (χ0) is 34.2. The minimum Gasteiger partial charge on any atom is -0.455 e. The molecule has 0 aliphatic carbocycles. The normalized spacial score (nSPS) is 14.7. The van der Waals surface area contributed by atoms with Crippen LogP contribution in [0.15, 0.2) is 173 Å². The molecular formula is C47H29N3OS. The van der Waals surface area contributed by atoms with Crippen molar-refractivity contribution < 1.29 is 4.42 Å². The number of benzene rings is 7. The minimum absolute atomic E-state index is 0.255. The summed E-state index contributed by atoms with van der Waals surface area (Å²) in [4.78, 5) is 10.7. The van der Waals surface area contributed by atoms with Gasteiger partial charge in [-0.2, -0.15) is 0 Å². The number of nitrogens with one attached hydrogen (secondary N) is 1. The van der Waals surface area contributed by atoms with Gasteiger partial charge in [-0.05, 0) is 58.8 Å². The Morgan fingerprint density at radius 2 is 1.33 bits per heavy atom. The lowest BCUT2D eigenvalue weighted by atomic mass is 9.96. The number of hydrogen-bond acceptors (Lipinski definition) is 5. The van der Waals surface area contributed by atoms with Gasteiger partial charge in [-0.1, -0.05) is 121 Å². The van der Waals surface area contributed by atoms with E-state index in [0.717, 1.165) is 72.0 Å². The maximum Gasteiger partial charge on any atom is 0.147 e. The van der Waals surface area contributed by atoms with E-state index < -0.39 is 0 Å². The summed E-state index contributed by atoms with van der Waals surface area (Å²) in [6.45, 7) is 0. The fraction of sp³-hybridized carbons (Fsp3) is 0.0213. The third-order valence-corrected chi connectivity index (χ3v) is 11.5. The number of rotatable bonds is 4. The van der Waals surface area contributed by atoms with Crippen LogP contribution in [0, 0.1) is 0 Å². The van der Waals surface area contributed by atoms with Crippen molar-refractivity contribution in [1.29, 1.82) is 0 Å². The van der Waals surface area contributed by atoms with Crippen LogP contribution in [0.2, 0.25) is 0 Å². The van der Waals surface area contributed by atoms with Crippen LogP contribution in [-0.4, -0.2) is 10.7 Å². The monoisotopic (exact) mass is 683 g/mol. The second kappa shape index (κ2) is 11.5. The molecule has 1 aliphatic heterocycles. The number of aliphatic imine (C=N–C) groups is 1. The van der Waals surface area contributed by atoms with E-state index >= 15 is 0 Å². The summed E-state index contributed by atoms with van der Waals surface area (Å²) in [6.07, 6.45) is 1.95. The van der Waals surface area contributed by atoms with Gasteiger partial charge >= 0.3 is 0 Å². The van der Waals surface area contributed by atoms with Gasteiger partial charge in [-0.15, -0.1) is 11.3 Å². The van der Waals surface area contributed by atoms with E-state index in [1.807, 2.05) is 17.4 Å². The summed E-state index contributed by atoms with van der Waals surface area (Å²) >= 11 is 1.84. The molecular weight excluding hydrogens is 655 g/mol. The predicted molar refractivity (Wildman–Crippen MR) is 218 cm³/mol. The highest BCUT2D eigenvalue weighted by Crippen LogP contribution is 2.43. The quantitative estimate of drug-likeness (QED) is 0.201. The predicted octanol–water partition coefficient (Wildman–Crippen LogP) is 12.5. The largest absolute Gasteiger partial charge is 0.455 e. The SMILES string of the molecule is C1=C(c2cccc3c2sc2ccccc23)NC(c2ccccc2)N=C1c1ccc2oc3c4ccccc4nc(-c4cccc5ccccc45)c3c2c1. The van der Waals surface area contributed by atoms with Gasteiger partial charge in [0.25, 0.3) is 0 Å². The first-order valence-corrected chi connectivity index (χ1v) is 18.3. The molecule has 1 atom stereocenters. The first kappa shape index (κ1) is 29.2. The van der Waals surface area contributed by atoms with Gasteiger partial charge in [-0.3, -0.25) is 4.99 Å². The molecule has 244 valence electrons. The summed E-state index contributed by atoms with van der Waals surface area (Å²) in [5, 5.41) is 11.7. The van der Waals surface area contributed by atoms with E-state index in [0.29, 0.717) is 0 Å². The number of nitrogens with zero attached hydrogens (tertiary/aromatic N) is 2. The summed E-state index contributed by atoms with van der Waals surface area (Å²) in [6, 6.07) is 55.5. The topological polar surface area (TPSA) is 50.4 Å². The molecule has 0 bridgehead atoms. The number of hydrogen-bond donors (Lipinski definition) is 1. The molecule has 0 fully saturated rings. The molecule has 3 aromatic heterocycles. The lowest BCUT2D eigenvalue weighted by Crippen LogP contribution is -2.24. The molecule has 52 heavy (non-hydrogen) atoms. The number of thiophene rings is 1. The maximum atomic E-state index is 6.73. The summed E-state index contributed by atoms with van der Waals surface area (Å²) in [5.74, 6) is 0. The summed E-state index contributed by atoms with van der Waals surface area (Å²) in [7, 11) is 0. The fourth-order valence-corrected chi connectivity index (χ4v) is 9.08. The van der Waals surface area contributed by atoms with Crippen molar-refractivity contribution in [3.05, 3.63) is 180 Å². The summed E-state index contributed by atoms with van der Waals surface area (Å²) < 4.78 is 9.29. The highest BCUT2D eigenvalue weighted by Gasteiger charge is 2.24. The first-order valence-electron chi connectivity index (χ1n) is 17.5. The molecule has 7 aromatic carbocycles. The van der Waals surface area contributed by atoms with Crippen LogP contribution in [0.4, 0.5) is 0 Å². The van der Waals surface area contributed by atoms with E-state index in [1.165, 1.54) is 31.1 Å². The van der Waals surface area contributed by atoms with Gasteiger partial charge in [0.1, 0.15) is 17.3 Å². The van der Waals surface area contributed by atoms with Crippen molar-refractivity contribution in [1.82, 2.24) is 10.3 Å². The van der Waals surface area contributed by atoms with Crippen LogP contribution in [0.25, 0.3) is 80.7 Å². The number of aromatic nitrogens is 1. The van der Waals surface area contributed by atoms with Crippen LogP contribution in [0.5, 0.6) is 0 Å². The van der Waals surface area contributed by atoms with Crippen molar-refractivity contribution in [2.45, 2.75) is 6.17 Å². The van der Waals surface area contributed by atoms with E-state index in [2.05, 4.69) is 163 Å². The van der Waals surface area contributed by atoms with E-state index in [1.54, 1.807) is 0 Å². The number of para-hydroxylation sites is 1. The van der Waals surface area contributed by atoms with Crippen LogP contribution < -0.4 is 5.32 Å². The van der Waals surface area contributed by atoms with E-state index in [-0.39, 0.29) is 6.17 Å². The molecule has 0 amide bonds. The Labute approximate surface area is 303 Å². The Bertz CT molecular complexity index is 3110. The average Bonchev–Trinajstić information content (AvgIpc) is 3.79. The first-order chi connectivity index (χ1) is 25.8. The number of fused-ring (bicyclic) bond motifs is 9. The molecule has 5 heteroatoms. The van der Waals surface area contributed by atoms with Gasteiger partial charge in [0.2, 0.25) is 0 Å². The molecule has 1 N–H and O–H groups in total. The Morgan fingerprint density at radius 3 is 2.25 bits per heavy atom. The van der Waals surface area contributed by atoms with Crippen LogP contribution in [0.1, 0.15) is 22.9 Å². The zero-order valence-corrected chi connectivity index (χ0v) is 28.7. The molecule has 0 spiro atoms. The zero-order valence-electron chi connectivity index (χ0n) is 27.9. The highest BCUT2D eigenvalue weighted by molar-refractivity contribution is 7.26. The summed E-state index contributed by atoms with van der Waals surface area (Å²) in [5.41, 5.74) is 9.87. The Balaban J connectivity index is 1.15. The smallest absolute Gasteiger partial charge is 0.147 e. The van der Waals surface area contributed by atoms with Crippen LogP contribution >= 0.6 is 11.3 Å². The Kier molecular flexibility index (Phi) is 6.45. The van der Waals surface area contributed by atoms with Crippen molar-refractivity contribution in [3.8, 4) is 11.3 Å². The molecule has 4 heterocycles. The molecule has 1 unspecified atom stereocenters. The third-order valence-electron chi connectivity index (χ3n) is 10.3. The van der Waals surface area contributed by atoms with Crippen molar-refractivity contribution >= 4 is 86.5 Å². The average molecular weight is 684 g/mol. The van der Waals surface area contributed by atoms with Crippen molar-refractivity contribution in [2.24, 2.45) is 4.99 Å². The Morgan fingerprint density at radius 1 is 0.596 bits per heavy atom. The molecule has 1 aliphatic rings. The van der Waals surface area contributed by atoms with Gasteiger partial charge in [-0.25, -0.2) is 4.98 Å². The second-order valence-corrected chi connectivity index (χ2v) is 14.4. The molecule has 0 saturated heterocycles. The Hall–Kier alpha value is -6.56. The molecule has 11 rings (SSSR count). The van der Waals surface area contributed by atoms with Crippen LogP contribution in [0.3, 0.4) is 0 Å². The number of allylic oxidation sites excluding steroid dienone is 1. The molecule has 0 saturated carbocycles. The maximum absolute atomic E-state index is 6.73. The lowest BCUT2D eigenvalue weighted by Gasteiger charge is -2.25. The lowest BCUT2D eigenvalue weighted by molar-refractivity contribution is 0.664. The van der Waals surface area contributed by atoms with Crippen molar-refractivity contribution in [2.75, 3.05) is 0 Å². The third kappa shape index (κ3) is 4.53. The number of pyridine rings is 1. The minimum atomic E-state index is -0.255. The van der Waals surface area contributed by atoms with Crippen molar-refractivity contribution in [3.63, 3.8) is 0 Å². The highest BCUT2D eigenvalue weighted by atomic mass is 32.1. The van der Waals surface area contributed by atoms with Gasteiger partial charge < -0.3 is 9.73 Å². The van der Waals surface area contributed by atoms with Crippen LogP contribution in [-0.2, 0) is 0 Å². The molecule has 0 radical (unpaired) electrons. The van der Waals surface area contributed by atoms with E-state index in [4.69, 9.17) is 14.4 Å². The standard InChI is InChI=1S/C47H29N3OS/c1-2-13-29(14-3-1)47-49-39(27-40(50-47)36-21-11-20-34-32-17-7-9-23-42(32)52-46(34)36)30-24-25-41-37(26-30)43-44(33-19-10-15-28-12-4-5-16-31(28)33)48-38-22-8-6-18-35(38)45(43)51-41/h1-27,47,50H. The molecule has 10 aromatic rings. The van der Waals surface area contributed by atoms with Gasteiger partial charge in [0.05, 0.1) is 22.3 Å². The molecule has 4 nitrogen and oxygen atoms in total. The van der Waals surface area contributed by atoms with E-state index in [9.17, 15) is 0 Å². The van der Waals surface area contributed by atoms with Gasteiger partial charge in [0, 0.05) is 53.3 Å². The van der Waals surface area contributed by atoms with Gasteiger partial charge in [0.15, 0.2) is 0 Å². The second-order valence-electron chi connectivity index (χ2n) is 13.3.